The van der Waals surface area contributed by atoms with Crippen LogP contribution < -0.4 is 4.90 Å². The highest BCUT2D eigenvalue weighted by molar-refractivity contribution is 6.30. The molecule has 1 unspecified atom stereocenters. The Morgan fingerprint density at radius 1 is 1.19 bits per heavy atom. The van der Waals surface area contributed by atoms with Gasteiger partial charge in [-0.1, -0.05) is 54.9 Å². The molecule has 1 atom stereocenters. The third-order valence-electron chi connectivity index (χ3n) is 3.39. The molecule has 110 valence electrons. The lowest BCUT2D eigenvalue weighted by Crippen LogP contribution is -2.33. The van der Waals surface area contributed by atoms with E-state index >= 15 is 0 Å². The van der Waals surface area contributed by atoms with Gasteiger partial charge < -0.3 is 10.0 Å². The molecule has 3 nitrogen and oxygen atoms in total. The SMILES string of the molecule is CCC(c1ccccc1)N(CC(=O)O)c1cccc(Cl)c1. The number of benzene rings is 2. The van der Waals surface area contributed by atoms with Crippen LogP contribution in [0.5, 0.6) is 0 Å². The van der Waals surface area contributed by atoms with Crippen molar-refractivity contribution in [3.05, 3.63) is 65.2 Å². The minimum atomic E-state index is -0.857. The fraction of sp³-hybridized carbons (Fsp3) is 0.235. The monoisotopic (exact) mass is 303 g/mol. The molecule has 4 heteroatoms. The summed E-state index contributed by atoms with van der Waals surface area (Å²) in [5, 5.41) is 9.83. The van der Waals surface area contributed by atoms with E-state index in [1.807, 2.05) is 47.4 Å². The Bertz CT molecular complexity index is 601. The molecule has 0 saturated carbocycles. The van der Waals surface area contributed by atoms with Crippen LogP contribution in [0.4, 0.5) is 5.69 Å². The van der Waals surface area contributed by atoms with Crippen LogP contribution in [0.3, 0.4) is 0 Å². The molecule has 0 aliphatic rings. The molecule has 0 amide bonds. The van der Waals surface area contributed by atoms with E-state index in [4.69, 9.17) is 11.6 Å². The fourth-order valence-electron chi connectivity index (χ4n) is 2.49. The van der Waals surface area contributed by atoms with Gasteiger partial charge in [0.15, 0.2) is 0 Å². The van der Waals surface area contributed by atoms with Crippen molar-refractivity contribution in [2.24, 2.45) is 0 Å². The van der Waals surface area contributed by atoms with Crippen molar-refractivity contribution < 1.29 is 9.90 Å². The number of carboxylic acids is 1. The Kier molecular flexibility index (Phi) is 5.23. The van der Waals surface area contributed by atoms with Crippen molar-refractivity contribution >= 4 is 23.3 Å². The number of halogens is 1. The van der Waals surface area contributed by atoms with Gasteiger partial charge in [-0.3, -0.25) is 4.79 Å². The van der Waals surface area contributed by atoms with E-state index in [0.717, 1.165) is 17.7 Å². The lowest BCUT2D eigenvalue weighted by Gasteiger charge is -2.32. The third-order valence-corrected chi connectivity index (χ3v) is 3.63. The van der Waals surface area contributed by atoms with Crippen molar-refractivity contribution in [2.75, 3.05) is 11.4 Å². The highest BCUT2D eigenvalue weighted by Crippen LogP contribution is 2.30. The van der Waals surface area contributed by atoms with Gasteiger partial charge in [0.1, 0.15) is 6.54 Å². The quantitative estimate of drug-likeness (QED) is 0.861. The van der Waals surface area contributed by atoms with Crippen LogP contribution in [0, 0.1) is 0 Å². The van der Waals surface area contributed by atoms with Crippen molar-refractivity contribution in [3.63, 3.8) is 0 Å². The molecule has 0 aliphatic carbocycles. The number of nitrogens with zero attached hydrogens (tertiary/aromatic N) is 1. The van der Waals surface area contributed by atoms with Crippen molar-refractivity contribution in [2.45, 2.75) is 19.4 Å². The maximum atomic E-state index is 11.2. The Hall–Kier alpha value is -2.00. The average molecular weight is 304 g/mol. The summed E-state index contributed by atoms with van der Waals surface area (Å²) in [6.07, 6.45) is 0.809. The number of rotatable bonds is 6. The van der Waals surface area contributed by atoms with E-state index in [2.05, 4.69) is 6.92 Å². The molecule has 21 heavy (non-hydrogen) atoms. The number of hydrogen-bond donors (Lipinski definition) is 1. The first-order chi connectivity index (χ1) is 10.1. The molecular weight excluding hydrogens is 286 g/mol. The molecule has 0 fully saturated rings. The molecule has 0 radical (unpaired) electrons. The van der Waals surface area contributed by atoms with Gasteiger partial charge in [-0.15, -0.1) is 0 Å². The Morgan fingerprint density at radius 3 is 2.48 bits per heavy atom. The van der Waals surface area contributed by atoms with Crippen LogP contribution in [-0.4, -0.2) is 17.6 Å². The van der Waals surface area contributed by atoms with Crippen LogP contribution in [0.15, 0.2) is 54.6 Å². The second kappa shape index (κ2) is 7.14. The molecule has 0 spiro atoms. The molecule has 0 bridgehead atoms. The summed E-state index contributed by atoms with van der Waals surface area (Å²) in [7, 11) is 0. The topological polar surface area (TPSA) is 40.5 Å². The summed E-state index contributed by atoms with van der Waals surface area (Å²) in [4.78, 5) is 13.1. The average Bonchev–Trinajstić information content (AvgIpc) is 2.48. The zero-order chi connectivity index (χ0) is 15.2. The van der Waals surface area contributed by atoms with Crippen LogP contribution in [0.2, 0.25) is 5.02 Å². The van der Waals surface area contributed by atoms with E-state index in [-0.39, 0.29) is 12.6 Å². The molecule has 2 aromatic rings. The normalized spacial score (nSPS) is 11.9. The minimum absolute atomic E-state index is 0.000710. The molecule has 2 rings (SSSR count). The van der Waals surface area contributed by atoms with Gasteiger partial charge in [-0.2, -0.15) is 0 Å². The fourth-order valence-corrected chi connectivity index (χ4v) is 2.68. The predicted molar refractivity (Wildman–Crippen MR) is 85.9 cm³/mol. The van der Waals surface area contributed by atoms with Gasteiger partial charge in [-0.25, -0.2) is 0 Å². The zero-order valence-electron chi connectivity index (χ0n) is 11.9. The van der Waals surface area contributed by atoms with Gasteiger partial charge in [0.2, 0.25) is 0 Å². The van der Waals surface area contributed by atoms with E-state index in [1.165, 1.54) is 0 Å². The summed E-state index contributed by atoms with van der Waals surface area (Å²) in [5.74, 6) is -0.857. The molecular formula is C17H18ClNO2. The maximum Gasteiger partial charge on any atom is 0.323 e. The number of aliphatic carboxylic acids is 1. The summed E-state index contributed by atoms with van der Waals surface area (Å²) < 4.78 is 0. The summed E-state index contributed by atoms with van der Waals surface area (Å²) in [5.41, 5.74) is 1.92. The van der Waals surface area contributed by atoms with E-state index in [0.29, 0.717) is 5.02 Å². The van der Waals surface area contributed by atoms with Gasteiger partial charge in [-0.05, 0) is 30.2 Å². The smallest absolute Gasteiger partial charge is 0.323 e. The second-order valence-electron chi connectivity index (χ2n) is 4.84. The predicted octanol–water partition coefficient (Wildman–Crippen LogP) is 4.38. The van der Waals surface area contributed by atoms with Crippen molar-refractivity contribution in [3.8, 4) is 0 Å². The standard InChI is InChI=1S/C17H18ClNO2/c1-2-16(13-7-4-3-5-8-13)19(12-17(20)21)15-10-6-9-14(18)11-15/h3-11,16H,2,12H2,1H3,(H,20,21). The van der Waals surface area contributed by atoms with E-state index < -0.39 is 5.97 Å². The lowest BCUT2D eigenvalue weighted by molar-refractivity contribution is -0.135. The Labute approximate surface area is 129 Å². The largest absolute Gasteiger partial charge is 0.480 e. The number of hydrogen-bond acceptors (Lipinski definition) is 2. The number of carboxylic acid groups (broad SMARTS) is 1. The molecule has 0 saturated heterocycles. The maximum absolute atomic E-state index is 11.2. The highest BCUT2D eigenvalue weighted by atomic mass is 35.5. The van der Waals surface area contributed by atoms with Gasteiger partial charge in [0.25, 0.3) is 0 Å². The highest BCUT2D eigenvalue weighted by Gasteiger charge is 2.21. The van der Waals surface area contributed by atoms with Gasteiger partial charge in [0, 0.05) is 10.7 Å². The molecule has 2 aromatic carbocycles. The molecule has 0 heterocycles. The zero-order valence-corrected chi connectivity index (χ0v) is 12.6. The Balaban J connectivity index is 2.41. The first kappa shape index (κ1) is 15.4. The molecule has 0 aliphatic heterocycles. The van der Waals surface area contributed by atoms with E-state index in [9.17, 15) is 9.90 Å². The Morgan fingerprint density at radius 2 is 1.90 bits per heavy atom. The summed E-state index contributed by atoms with van der Waals surface area (Å²) >= 11 is 6.05. The first-order valence-electron chi connectivity index (χ1n) is 6.90. The van der Waals surface area contributed by atoms with E-state index in [1.54, 1.807) is 12.1 Å². The molecule has 0 aromatic heterocycles. The number of carbonyl (C=O) groups is 1. The molecule has 1 N–H and O–H groups in total. The first-order valence-corrected chi connectivity index (χ1v) is 7.28. The van der Waals surface area contributed by atoms with Gasteiger partial charge in [0.05, 0.1) is 6.04 Å². The van der Waals surface area contributed by atoms with Crippen LogP contribution in [0.1, 0.15) is 24.9 Å². The van der Waals surface area contributed by atoms with Gasteiger partial charge >= 0.3 is 5.97 Å². The van der Waals surface area contributed by atoms with Crippen molar-refractivity contribution in [1.82, 2.24) is 0 Å². The van der Waals surface area contributed by atoms with Crippen LogP contribution in [0.25, 0.3) is 0 Å². The lowest BCUT2D eigenvalue weighted by atomic mass is 10.0. The third kappa shape index (κ3) is 3.99. The van der Waals surface area contributed by atoms with Crippen molar-refractivity contribution in [1.29, 1.82) is 0 Å². The minimum Gasteiger partial charge on any atom is -0.480 e. The number of anilines is 1. The summed E-state index contributed by atoms with van der Waals surface area (Å²) in [6, 6.07) is 17.2. The van der Waals surface area contributed by atoms with Crippen LogP contribution in [-0.2, 0) is 4.79 Å². The summed E-state index contributed by atoms with van der Waals surface area (Å²) in [6.45, 7) is 1.99. The van der Waals surface area contributed by atoms with Crippen LogP contribution >= 0.6 is 11.6 Å². The second-order valence-corrected chi connectivity index (χ2v) is 5.27.